The molecule has 0 saturated carbocycles. The summed E-state index contributed by atoms with van der Waals surface area (Å²) in [5, 5.41) is 11.5. The van der Waals surface area contributed by atoms with Crippen molar-refractivity contribution in [3.05, 3.63) is 87.5 Å². The molecule has 150 valence electrons. The van der Waals surface area contributed by atoms with E-state index in [-0.39, 0.29) is 19.2 Å². The van der Waals surface area contributed by atoms with E-state index in [1.54, 1.807) is 38.3 Å². The molecule has 7 heteroatoms. The Bertz CT molecular complexity index is 1030. The first-order valence-corrected chi connectivity index (χ1v) is 9.05. The quantitative estimate of drug-likeness (QED) is 0.319. The van der Waals surface area contributed by atoms with Gasteiger partial charge in [0.05, 0.1) is 13.0 Å². The summed E-state index contributed by atoms with van der Waals surface area (Å²) in [6.45, 7) is 1.74. The van der Waals surface area contributed by atoms with Crippen molar-refractivity contribution in [1.82, 2.24) is 0 Å². The molecule has 0 radical (unpaired) electrons. The lowest BCUT2D eigenvalue weighted by Gasteiger charge is -2.13. The average Bonchev–Trinajstić information content (AvgIpc) is 2.75. The number of methoxy groups -OCH3 is 1. The molecule has 3 rings (SSSR count). The smallest absolute Gasteiger partial charge is 0.313 e. The SMILES string of the molecule is COc1ccc2cc(C(C)C(=O)OCc3cccc(CO[N+](=O)[O-])c3)ccc2c1. The highest BCUT2D eigenvalue weighted by atomic mass is 16.9. The van der Waals surface area contributed by atoms with Crippen molar-refractivity contribution >= 4 is 16.7 Å². The van der Waals surface area contributed by atoms with Crippen LogP contribution in [0, 0.1) is 10.1 Å². The minimum Gasteiger partial charge on any atom is -0.497 e. The number of nitrogens with zero attached hydrogens (tertiary/aromatic N) is 1. The van der Waals surface area contributed by atoms with Gasteiger partial charge in [0.15, 0.2) is 0 Å². The largest absolute Gasteiger partial charge is 0.497 e. The maximum absolute atomic E-state index is 12.5. The Morgan fingerprint density at radius 2 is 1.69 bits per heavy atom. The van der Waals surface area contributed by atoms with Gasteiger partial charge in [-0.2, -0.15) is 0 Å². The van der Waals surface area contributed by atoms with E-state index in [2.05, 4.69) is 4.84 Å². The maximum atomic E-state index is 12.5. The summed E-state index contributed by atoms with van der Waals surface area (Å²) in [4.78, 5) is 27.2. The zero-order valence-corrected chi connectivity index (χ0v) is 16.2. The molecule has 0 aliphatic carbocycles. The van der Waals surface area contributed by atoms with Crippen LogP contribution in [0.3, 0.4) is 0 Å². The van der Waals surface area contributed by atoms with Gasteiger partial charge in [0, 0.05) is 0 Å². The minimum absolute atomic E-state index is 0.0836. The van der Waals surface area contributed by atoms with Gasteiger partial charge in [-0.05, 0) is 46.5 Å². The van der Waals surface area contributed by atoms with Crippen molar-refractivity contribution in [2.24, 2.45) is 0 Å². The lowest BCUT2D eigenvalue weighted by Crippen LogP contribution is -2.13. The Morgan fingerprint density at radius 1 is 1.00 bits per heavy atom. The van der Waals surface area contributed by atoms with Crippen molar-refractivity contribution in [1.29, 1.82) is 0 Å². The minimum atomic E-state index is -0.839. The Balaban J connectivity index is 1.64. The Labute approximate surface area is 167 Å². The third-order valence-electron chi connectivity index (χ3n) is 4.63. The fourth-order valence-electron chi connectivity index (χ4n) is 2.99. The highest BCUT2D eigenvalue weighted by molar-refractivity contribution is 5.86. The van der Waals surface area contributed by atoms with Gasteiger partial charge < -0.3 is 14.3 Å². The third-order valence-corrected chi connectivity index (χ3v) is 4.63. The lowest BCUT2D eigenvalue weighted by molar-refractivity contribution is -0.763. The average molecular weight is 395 g/mol. The highest BCUT2D eigenvalue weighted by Crippen LogP contribution is 2.26. The summed E-state index contributed by atoms with van der Waals surface area (Å²) in [7, 11) is 1.62. The van der Waals surface area contributed by atoms with Crippen LogP contribution >= 0.6 is 0 Å². The number of fused-ring (bicyclic) bond motifs is 1. The van der Waals surface area contributed by atoms with Gasteiger partial charge in [-0.25, -0.2) is 0 Å². The van der Waals surface area contributed by atoms with Crippen LogP contribution in [0.25, 0.3) is 10.8 Å². The lowest BCUT2D eigenvalue weighted by atomic mass is 9.98. The topological polar surface area (TPSA) is 87.9 Å². The van der Waals surface area contributed by atoms with Crippen LogP contribution in [0.15, 0.2) is 60.7 Å². The molecule has 3 aromatic rings. The number of benzene rings is 3. The molecule has 0 spiro atoms. The van der Waals surface area contributed by atoms with Crippen molar-refractivity contribution in [2.45, 2.75) is 26.1 Å². The van der Waals surface area contributed by atoms with Crippen LogP contribution in [-0.4, -0.2) is 18.2 Å². The summed E-state index contributed by atoms with van der Waals surface area (Å²) in [6, 6.07) is 18.6. The van der Waals surface area contributed by atoms with E-state index in [9.17, 15) is 14.9 Å². The second-order valence-electron chi connectivity index (χ2n) is 6.62. The molecule has 0 heterocycles. The molecule has 29 heavy (non-hydrogen) atoms. The van der Waals surface area contributed by atoms with Gasteiger partial charge in [-0.3, -0.25) is 4.79 Å². The summed E-state index contributed by atoms with van der Waals surface area (Å²) < 4.78 is 10.7. The first kappa shape index (κ1) is 20.1. The monoisotopic (exact) mass is 395 g/mol. The Hall–Kier alpha value is -3.61. The predicted molar refractivity (Wildman–Crippen MR) is 107 cm³/mol. The van der Waals surface area contributed by atoms with E-state index in [1.807, 2.05) is 36.4 Å². The van der Waals surface area contributed by atoms with E-state index in [4.69, 9.17) is 9.47 Å². The Morgan fingerprint density at radius 3 is 2.41 bits per heavy atom. The second-order valence-corrected chi connectivity index (χ2v) is 6.62. The Kier molecular flexibility index (Phi) is 6.29. The first-order valence-electron chi connectivity index (χ1n) is 9.05. The molecule has 0 aromatic heterocycles. The summed E-state index contributed by atoms with van der Waals surface area (Å²) in [5.41, 5.74) is 2.23. The van der Waals surface area contributed by atoms with E-state index in [1.165, 1.54) is 0 Å². The van der Waals surface area contributed by atoms with E-state index in [0.717, 1.165) is 27.6 Å². The number of ether oxygens (including phenoxy) is 2. The van der Waals surface area contributed by atoms with Crippen LogP contribution in [-0.2, 0) is 27.6 Å². The fraction of sp³-hybridized carbons (Fsp3) is 0.227. The van der Waals surface area contributed by atoms with Crippen LogP contribution in [0.4, 0.5) is 0 Å². The number of rotatable bonds is 8. The molecular weight excluding hydrogens is 374 g/mol. The van der Waals surface area contributed by atoms with Crippen LogP contribution in [0.5, 0.6) is 5.75 Å². The highest BCUT2D eigenvalue weighted by Gasteiger charge is 2.17. The number of carbonyl (C=O) groups excluding carboxylic acids is 1. The molecule has 0 aliphatic heterocycles. The van der Waals surface area contributed by atoms with Gasteiger partial charge in [0.1, 0.15) is 19.0 Å². The van der Waals surface area contributed by atoms with Crippen LogP contribution < -0.4 is 4.74 Å². The summed E-state index contributed by atoms with van der Waals surface area (Å²) in [5.74, 6) is 0.0101. The summed E-state index contributed by atoms with van der Waals surface area (Å²) >= 11 is 0. The predicted octanol–water partition coefficient (Wildman–Crippen LogP) is 4.40. The molecular formula is C22H21NO6. The molecule has 0 fully saturated rings. The zero-order chi connectivity index (χ0) is 20.8. The first-order chi connectivity index (χ1) is 14.0. The molecule has 0 N–H and O–H groups in total. The van der Waals surface area contributed by atoms with Crippen molar-refractivity contribution in [3.8, 4) is 5.75 Å². The van der Waals surface area contributed by atoms with Crippen molar-refractivity contribution < 1.29 is 24.2 Å². The third kappa shape index (κ3) is 5.22. The van der Waals surface area contributed by atoms with Gasteiger partial charge >= 0.3 is 5.97 Å². The second kappa shape index (κ2) is 9.05. The van der Waals surface area contributed by atoms with Gasteiger partial charge in [0.2, 0.25) is 0 Å². The molecule has 0 bridgehead atoms. The standard InChI is InChI=1S/C22H21NO6/c1-15(18-6-7-20-12-21(27-2)9-8-19(20)11-18)22(24)28-13-16-4-3-5-17(10-16)14-29-23(25)26/h3-12,15H,13-14H2,1-2H3. The number of hydrogen-bond donors (Lipinski definition) is 0. The number of hydrogen-bond acceptors (Lipinski definition) is 6. The molecule has 7 nitrogen and oxygen atoms in total. The number of esters is 1. The number of carbonyl (C=O) groups is 1. The van der Waals surface area contributed by atoms with Crippen molar-refractivity contribution in [3.63, 3.8) is 0 Å². The molecule has 0 saturated heterocycles. The fourth-order valence-corrected chi connectivity index (χ4v) is 2.99. The zero-order valence-electron chi connectivity index (χ0n) is 16.2. The van der Waals surface area contributed by atoms with E-state index in [0.29, 0.717) is 5.56 Å². The maximum Gasteiger partial charge on any atom is 0.313 e. The van der Waals surface area contributed by atoms with Crippen LogP contribution in [0.1, 0.15) is 29.5 Å². The van der Waals surface area contributed by atoms with Gasteiger partial charge in [0.25, 0.3) is 5.09 Å². The van der Waals surface area contributed by atoms with E-state index < -0.39 is 11.0 Å². The van der Waals surface area contributed by atoms with E-state index >= 15 is 0 Å². The van der Waals surface area contributed by atoms with Crippen molar-refractivity contribution in [2.75, 3.05) is 7.11 Å². The molecule has 0 amide bonds. The van der Waals surface area contributed by atoms with Gasteiger partial charge in [-0.1, -0.05) is 48.5 Å². The molecule has 0 aliphatic rings. The normalized spacial score (nSPS) is 11.7. The molecule has 1 unspecified atom stereocenters. The molecule has 1 atom stereocenters. The van der Waals surface area contributed by atoms with Crippen LogP contribution in [0.2, 0.25) is 0 Å². The summed E-state index contributed by atoms with van der Waals surface area (Å²) in [6.07, 6.45) is 0. The molecule has 3 aromatic carbocycles. The van der Waals surface area contributed by atoms with Gasteiger partial charge in [-0.15, -0.1) is 10.1 Å².